The topological polar surface area (TPSA) is 43.8 Å². The number of aliphatic hydroxyl groups is 1. The first-order chi connectivity index (χ1) is 9.59. The Morgan fingerprint density at radius 1 is 1.20 bits per heavy atom. The highest BCUT2D eigenvalue weighted by Gasteiger charge is 2.30. The number of hydrogen-bond acceptors (Lipinski definition) is 3. The molecule has 1 aliphatic heterocycles. The van der Waals surface area contributed by atoms with Crippen LogP contribution in [0.4, 0.5) is 0 Å². The largest absolute Gasteiger partial charge is 0.392 e. The second kappa shape index (κ2) is 7.41. The fourth-order valence-electron chi connectivity index (χ4n) is 3.72. The van der Waals surface area contributed by atoms with E-state index in [1.165, 1.54) is 25.7 Å². The number of nitrogens with zero attached hydrogens (tertiary/aromatic N) is 2. The number of carbonyl (C=O) groups excluding carboxylic acids is 1. The summed E-state index contributed by atoms with van der Waals surface area (Å²) in [4.78, 5) is 16.6. The molecular weight excluding hydrogens is 252 g/mol. The van der Waals surface area contributed by atoms with Crippen LogP contribution in [0.5, 0.6) is 0 Å². The lowest BCUT2D eigenvalue weighted by Crippen LogP contribution is -2.51. The zero-order valence-corrected chi connectivity index (χ0v) is 13.1. The van der Waals surface area contributed by atoms with Crippen molar-refractivity contribution in [2.24, 2.45) is 0 Å². The summed E-state index contributed by atoms with van der Waals surface area (Å²) < 4.78 is 0. The number of likely N-dealkylation sites (N-methyl/N-ethyl adjacent to an activating group) is 1. The normalized spacial score (nSPS) is 27.2. The Kier molecular flexibility index (Phi) is 5.85. The molecule has 2 aliphatic rings. The molecule has 0 aromatic heterocycles. The number of likely N-dealkylation sites (tertiary alicyclic amines) is 1. The first kappa shape index (κ1) is 15.8. The van der Waals surface area contributed by atoms with Crippen molar-refractivity contribution in [2.75, 3.05) is 20.1 Å². The van der Waals surface area contributed by atoms with Crippen LogP contribution in [0, 0.1) is 0 Å². The Morgan fingerprint density at radius 2 is 1.85 bits per heavy atom. The standard InChI is InChI=1S/C16H30N2O2/c1-13(19)15-10-6-7-11-18(15)12-16(20)17(2)14-8-4-3-5-9-14/h13-15,19H,3-12H2,1-2H3. The van der Waals surface area contributed by atoms with Gasteiger partial charge in [0, 0.05) is 19.1 Å². The fraction of sp³-hybridized carbons (Fsp3) is 0.938. The van der Waals surface area contributed by atoms with Gasteiger partial charge in [0.2, 0.25) is 5.91 Å². The Balaban J connectivity index is 1.88. The third-order valence-electron chi connectivity index (χ3n) is 5.08. The molecule has 0 spiro atoms. The van der Waals surface area contributed by atoms with Gasteiger partial charge in [0.25, 0.3) is 0 Å². The van der Waals surface area contributed by atoms with Crippen LogP contribution >= 0.6 is 0 Å². The Labute approximate surface area is 123 Å². The van der Waals surface area contributed by atoms with Crippen molar-refractivity contribution < 1.29 is 9.90 Å². The minimum Gasteiger partial charge on any atom is -0.392 e. The Hall–Kier alpha value is -0.610. The molecule has 4 nitrogen and oxygen atoms in total. The van der Waals surface area contributed by atoms with Crippen LogP contribution in [0.15, 0.2) is 0 Å². The average Bonchev–Trinajstić information content (AvgIpc) is 2.47. The van der Waals surface area contributed by atoms with Crippen LogP contribution in [0.2, 0.25) is 0 Å². The minimum atomic E-state index is -0.344. The van der Waals surface area contributed by atoms with E-state index in [1.54, 1.807) is 0 Å². The van der Waals surface area contributed by atoms with Gasteiger partial charge in [-0.15, -0.1) is 0 Å². The number of amides is 1. The summed E-state index contributed by atoms with van der Waals surface area (Å²) in [5, 5.41) is 9.88. The first-order valence-corrected chi connectivity index (χ1v) is 8.27. The van der Waals surface area contributed by atoms with Gasteiger partial charge in [-0.25, -0.2) is 0 Å². The molecule has 1 amide bonds. The summed E-state index contributed by atoms with van der Waals surface area (Å²) in [6.07, 6.45) is 9.10. The highest BCUT2D eigenvalue weighted by molar-refractivity contribution is 5.78. The summed E-state index contributed by atoms with van der Waals surface area (Å²) in [5.41, 5.74) is 0. The molecule has 2 rings (SSSR count). The molecular formula is C16H30N2O2. The molecule has 0 aromatic rings. The van der Waals surface area contributed by atoms with Crippen molar-refractivity contribution in [3.63, 3.8) is 0 Å². The maximum Gasteiger partial charge on any atom is 0.236 e. The lowest BCUT2D eigenvalue weighted by molar-refractivity contribution is -0.135. The molecule has 1 aliphatic carbocycles. The van der Waals surface area contributed by atoms with Crippen molar-refractivity contribution in [1.29, 1.82) is 0 Å². The van der Waals surface area contributed by atoms with Crippen LogP contribution in [0.1, 0.15) is 58.3 Å². The quantitative estimate of drug-likeness (QED) is 0.858. The van der Waals surface area contributed by atoms with E-state index in [0.717, 1.165) is 32.2 Å². The van der Waals surface area contributed by atoms with Crippen molar-refractivity contribution in [1.82, 2.24) is 9.80 Å². The van der Waals surface area contributed by atoms with Crippen LogP contribution in [0.3, 0.4) is 0 Å². The van der Waals surface area contributed by atoms with Crippen molar-refractivity contribution in [3.8, 4) is 0 Å². The molecule has 2 fully saturated rings. The lowest BCUT2D eigenvalue weighted by atomic mass is 9.94. The van der Waals surface area contributed by atoms with Crippen LogP contribution in [-0.2, 0) is 4.79 Å². The second-order valence-corrected chi connectivity index (χ2v) is 6.57. The zero-order chi connectivity index (χ0) is 14.5. The third-order valence-corrected chi connectivity index (χ3v) is 5.08. The molecule has 0 aromatic carbocycles. The predicted octanol–water partition coefficient (Wildman–Crippen LogP) is 2.01. The highest BCUT2D eigenvalue weighted by atomic mass is 16.3. The summed E-state index contributed by atoms with van der Waals surface area (Å²) in [5.74, 6) is 0.226. The van der Waals surface area contributed by atoms with E-state index in [-0.39, 0.29) is 18.1 Å². The fourth-order valence-corrected chi connectivity index (χ4v) is 3.72. The minimum absolute atomic E-state index is 0.160. The zero-order valence-electron chi connectivity index (χ0n) is 13.1. The summed E-state index contributed by atoms with van der Waals surface area (Å²) in [6.45, 7) is 3.26. The molecule has 1 heterocycles. The molecule has 2 atom stereocenters. The molecule has 1 saturated carbocycles. The molecule has 20 heavy (non-hydrogen) atoms. The summed E-state index contributed by atoms with van der Waals surface area (Å²) in [7, 11) is 1.96. The summed E-state index contributed by atoms with van der Waals surface area (Å²) >= 11 is 0. The molecule has 2 unspecified atom stereocenters. The van der Waals surface area contributed by atoms with Crippen LogP contribution < -0.4 is 0 Å². The van der Waals surface area contributed by atoms with E-state index in [9.17, 15) is 9.90 Å². The van der Waals surface area contributed by atoms with Crippen molar-refractivity contribution >= 4 is 5.91 Å². The predicted molar refractivity (Wildman–Crippen MR) is 80.5 cm³/mol. The number of piperidine rings is 1. The maximum absolute atomic E-state index is 12.5. The van der Waals surface area contributed by atoms with Gasteiger partial charge in [-0.3, -0.25) is 9.69 Å². The molecule has 0 bridgehead atoms. The van der Waals surface area contributed by atoms with E-state index in [4.69, 9.17) is 0 Å². The monoisotopic (exact) mass is 282 g/mol. The van der Waals surface area contributed by atoms with Gasteiger partial charge in [-0.1, -0.05) is 25.7 Å². The molecule has 0 radical (unpaired) electrons. The van der Waals surface area contributed by atoms with Gasteiger partial charge in [-0.2, -0.15) is 0 Å². The summed E-state index contributed by atoms with van der Waals surface area (Å²) in [6, 6.07) is 0.596. The highest BCUT2D eigenvalue weighted by Crippen LogP contribution is 2.23. The van der Waals surface area contributed by atoms with E-state index in [2.05, 4.69) is 4.90 Å². The Bertz CT molecular complexity index is 314. The number of aliphatic hydroxyl groups excluding tert-OH is 1. The third kappa shape index (κ3) is 3.95. The van der Waals surface area contributed by atoms with Crippen molar-refractivity contribution in [2.45, 2.75) is 76.5 Å². The first-order valence-electron chi connectivity index (χ1n) is 8.27. The lowest BCUT2D eigenvalue weighted by Gasteiger charge is -2.39. The Morgan fingerprint density at radius 3 is 2.50 bits per heavy atom. The van der Waals surface area contributed by atoms with Crippen LogP contribution in [0.25, 0.3) is 0 Å². The molecule has 116 valence electrons. The van der Waals surface area contributed by atoms with Crippen molar-refractivity contribution in [3.05, 3.63) is 0 Å². The van der Waals surface area contributed by atoms with Gasteiger partial charge in [0.15, 0.2) is 0 Å². The average molecular weight is 282 g/mol. The van der Waals surface area contributed by atoms with Gasteiger partial charge in [0.05, 0.1) is 12.6 Å². The number of rotatable bonds is 4. The number of hydrogen-bond donors (Lipinski definition) is 1. The van der Waals surface area contributed by atoms with Gasteiger partial charge < -0.3 is 10.0 Å². The molecule has 1 saturated heterocycles. The van der Waals surface area contributed by atoms with Gasteiger partial charge in [-0.05, 0) is 39.2 Å². The number of carbonyl (C=O) groups is 1. The van der Waals surface area contributed by atoms with Crippen LogP contribution in [-0.4, -0.2) is 59.1 Å². The second-order valence-electron chi connectivity index (χ2n) is 6.57. The van der Waals surface area contributed by atoms with E-state index >= 15 is 0 Å². The van der Waals surface area contributed by atoms with E-state index in [0.29, 0.717) is 12.6 Å². The van der Waals surface area contributed by atoms with E-state index in [1.807, 2.05) is 18.9 Å². The smallest absolute Gasteiger partial charge is 0.236 e. The van der Waals surface area contributed by atoms with Gasteiger partial charge in [0.1, 0.15) is 0 Å². The molecule has 1 N–H and O–H groups in total. The van der Waals surface area contributed by atoms with E-state index < -0.39 is 0 Å². The SMILES string of the molecule is CC(O)C1CCCCN1CC(=O)N(C)C1CCCCC1. The van der Waals surface area contributed by atoms with Gasteiger partial charge >= 0.3 is 0 Å². The molecule has 4 heteroatoms. The maximum atomic E-state index is 12.5.